The summed E-state index contributed by atoms with van der Waals surface area (Å²) in [5.41, 5.74) is 1.82. The van der Waals surface area contributed by atoms with Gasteiger partial charge in [-0.2, -0.15) is 0 Å². The highest BCUT2D eigenvalue weighted by molar-refractivity contribution is 6.31. The number of hydrogen-bond acceptors (Lipinski definition) is 4. The molecule has 0 unspecified atom stereocenters. The molecule has 0 fully saturated rings. The van der Waals surface area contributed by atoms with Crippen molar-refractivity contribution in [2.45, 2.75) is 0 Å². The first kappa shape index (κ1) is 17.8. The van der Waals surface area contributed by atoms with Crippen molar-refractivity contribution in [3.05, 3.63) is 90.9 Å². The van der Waals surface area contributed by atoms with E-state index in [4.69, 9.17) is 23.2 Å². The van der Waals surface area contributed by atoms with Gasteiger partial charge in [0, 0.05) is 22.2 Å². The molecule has 0 aliphatic carbocycles. The van der Waals surface area contributed by atoms with Gasteiger partial charge in [-0.25, -0.2) is 0 Å². The van der Waals surface area contributed by atoms with Crippen molar-refractivity contribution in [3.8, 4) is 22.3 Å². The molecule has 0 spiro atoms. The number of benzene rings is 3. The maximum Gasteiger partial charge on any atom is 0.278 e. The van der Waals surface area contributed by atoms with Crippen LogP contribution in [0.5, 0.6) is 0 Å². The van der Waals surface area contributed by atoms with Gasteiger partial charge in [0.05, 0.1) is 21.0 Å². The molecule has 6 nitrogen and oxygen atoms in total. The maximum absolute atomic E-state index is 11.2. The van der Waals surface area contributed by atoms with Gasteiger partial charge < -0.3 is 0 Å². The van der Waals surface area contributed by atoms with E-state index in [9.17, 15) is 20.2 Å². The van der Waals surface area contributed by atoms with E-state index in [1.807, 2.05) is 0 Å². The average molecular weight is 389 g/mol. The molecule has 0 atom stereocenters. The van der Waals surface area contributed by atoms with E-state index in [0.29, 0.717) is 22.3 Å². The van der Waals surface area contributed by atoms with Crippen LogP contribution in [0, 0.1) is 20.2 Å². The Morgan fingerprint density at radius 2 is 0.962 bits per heavy atom. The molecule has 0 aromatic heterocycles. The molecule has 130 valence electrons. The third kappa shape index (κ3) is 3.51. The summed E-state index contributed by atoms with van der Waals surface area (Å²) in [4.78, 5) is 21.5. The van der Waals surface area contributed by atoms with E-state index in [-0.39, 0.29) is 21.4 Å². The second kappa shape index (κ2) is 7.11. The van der Waals surface area contributed by atoms with Crippen molar-refractivity contribution >= 4 is 34.6 Å². The predicted octanol–water partition coefficient (Wildman–Crippen LogP) is 6.14. The Morgan fingerprint density at radius 3 is 1.27 bits per heavy atom. The lowest BCUT2D eigenvalue weighted by molar-refractivity contribution is -0.384. The molecule has 3 rings (SSSR count). The fraction of sp³-hybridized carbons (Fsp3) is 0. The molecule has 0 aliphatic rings. The number of nitro benzene ring substituents is 2. The Balaban J connectivity index is 2.06. The smallest absolute Gasteiger partial charge is 0.258 e. The normalized spacial score (nSPS) is 10.5. The summed E-state index contributed by atoms with van der Waals surface area (Å²) < 4.78 is 0. The Hall–Kier alpha value is -2.96. The van der Waals surface area contributed by atoms with Gasteiger partial charge in [-0.15, -0.1) is 0 Å². The van der Waals surface area contributed by atoms with Crippen LogP contribution in [0.15, 0.2) is 60.7 Å². The second-order valence-corrected chi connectivity index (χ2v) is 6.29. The van der Waals surface area contributed by atoms with Crippen molar-refractivity contribution < 1.29 is 9.85 Å². The summed E-state index contributed by atoms with van der Waals surface area (Å²) in [5.74, 6) is 0. The van der Waals surface area contributed by atoms with Gasteiger partial charge in [-0.3, -0.25) is 20.2 Å². The first-order valence-electron chi connectivity index (χ1n) is 7.35. The van der Waals surface area contributed by atoms with E-state index in [2.05, 4.69) is 0 Å². The highest BCUT2D eigenvalue weighted by atomic mass is 35.5. The molecule has 8 heteroatoms. The van der Waals surface area contributed by atoms with Crippen LogP contribution in [-0.2, 0) is 0 Å². The maximum atomic E-state index is 11.2. The van der Waals surface area contributed by atoms with Gasteiger partial charge in [-0.1, -0.05) is 47.5 Å². The Bertz CT molecular complexity index is 938. The Morgan fingerprint density at radius 1 is 0.615 bits per heavy atom. The number of nitro groups is 2. The van der Waals surface area contributed by atoms with E-state index in [0.717, 1.165) is 0 Å². The molecule has 0 saturated heterocycles. The first-order chi connectivity index (χ1) is 12.4. The highest BCUT2D eigenvalue weighted by Crippen LogP contribution is 2.36. The summed E-state index contributed by atoms with van der Waals surface area (Å²) >= 11 is 11.7. The average Bonchev–Trinajstić information content (AvgIpc) is 2.61. The minimum Gasteiger partial charge on any atom is -0.258 e. The lowest BCUT2D eigenvalue weighted by atomic mass is 9.98. The lowest BCUT2D eigenvalue weighted by Gasteiger charge is -2.07. The largest absolute Gasteiger partial charge is 0.278 e. The number of halogens is 2. The summed E-state index contributed by atoms with van der Waals surface area (Å²) in [5, 5.41) is 23.0. The van der Waals surface area contributed by atoms with E-state index in [1.54, 1.807) is 48.5 Å². The lowest BCUT2D eigenvalue weighted by Crippen LogP contribution is -1.93. The molecule has 0 aliphatic heterocycles. The Labute approximate surface area is 157 Å². The van der Waals surface area contributed by atoms with Crippen molar-refractivity contribution in [2.75, 3.05) is 0 Å². The molecular formula is C18H10Cl2N2O4. The van der Waals surface area contributed by atoms with Crippen LogP contribution in [0.2, 0.25) is 10.0 Å². The number of rotatable bonds is 4. The van der Waals surface area contributed by atoms with Gasteiger partial charge in [0.25, 0.3) is 11.4 Å². The highest BCUT2D eigenvalue weighted by Gasteiger charge is 2.18. The third-order valence-electron chi connectivity index (χ3n) is 3.82. The second-order valence-electron chi connectivity index (χ2n) is 5.41. The van der Waals surface area contributed by atoms with Crippen molar-refractivity contribution in [2.24, 2.45) is 0 Å². The molecular weight excluding hydrogens is 379 g/mol. The van der Waals surface area contributed by atoms with Crippen LogP contribution < -0.4 is 0 Å². The fourth-order valence-corrected chi connectivity index (χ4v) is 2.96. The van der Waals surface area contributed by atoms with Gasteiger partial charge in [-0.05, 0) is 35.4 Å². The summed E-state index contributed by atoms with van der Waals surface area (Å²) in [6.07, 6.45) is 0. The molecule has 3 aromatic rings. The molecule has 0 N–H and O–H groups in total. The molecule has 0 radical (unpaired) electrons. The van der Waals surface area contributed by atoms with Crippen molar-refractivity contribution in [3.63, 3.8) is 0 Å². The van der Waals surface area contributed by atoms with Gasteiger partial charge >= 0.3 is 0 Å². The van der Waals surface area contributed by atoms with Crippen LogP contribution >= 0.6 is 23.2 Å². The van der Waals surface area contributed by atoms with E-state index in [1.165, 1.54) is 12.1 Å². The molecule has 0 heterocycles. The third-order valence-corrected chi connectivity index (χ3v) is 4.29. The molecule has 26 heavy (non-hydrogen) atoms. The van der Waals surface area contributed by atoms with Gasteiger partial charge in [0.15, 0.2) is 0 Å². The zero-order valence-corrected chi connectivity index (χ0v) is 14.6. The van der Waals surface area contributed by atoms with Crippen LogP contribution in [0.25, 0.3) is 22.3 Å². The first-order valence-corrected chi connectivity index (χ1v) is 8.11. The standard InChI is InChI=1S/C18H10Cl2N2O4/c19-13-5-7-15(17(9-13)21(23)24)11-1-2-12(4-3-11)16-8-6-14(20)10-18(16)22(25)26/h1-10H. The predicted molar refractivity (Wildman–Crippen MR) is 101 cm³/mol. The quantitative estimate of drug-likeness (QED) is 0.396. The summed E-state index contributed by atoms with van der Waals surface area (Å²) in [6, 6.07) is 15.5. The number of nitrogens with zero attached hydrogens (tertiary/aromatic N) is 2. The minimum atomic E-state index is -0.501. The van der Waals surface area contributed by atoms with Crippen molar-refractivity contribution in [1.29, 1.82) is 0 Å². The Kier molecular flexibility index (Phi) is 4.88. The summed E-state index contributed by atoms with van der Waals surface area (Å²) in [6.45, 7) is 0. The summed E-state index contributed by atoms with van der Waals surface area (Å²) in [7, 11) is 0. The van der Waals surface area contributed by atoms with Crippen LogP contribution in [-0.4, -0.2) is 9.85 Å². The van der Waals surface area contributed by atoms with Gasteiger partial charge in [0.2, 0.25) is 0 Å². The van der Waals surface area contributed by atoms with E-state index < -0.39 is 9.85 Å². The topological polar surface area (TPSA) is 86.3 Å². The van der Waals surface area contributed by atoms with E-state index >= 15 is 0 Å². The van der Waals surface area contributed by atoms with Crippen LogP contribution in [0.4, 0.5) is 11.4 Å². The zero-order chi connectivity index (χ0) is 18.8. The molecule has 3 aromatic carbocycles. The van der Waals surface area contributed by atoms with Crippen LogP contribution in [0.1, 0.15) is 0 Å². The monoisotopic (exact) mass is 388 g/mol. The molecule has 0 bridgehead atoms. The van der Waals surface area contributed by atoms with Crippen molar-refractivity contribution in [1.82, 2.24) is 0 Å². The zero-order valence-electron chi connectivity index (χ0n) is 13.1. The fourth-order valence-electron chi connectivity index (χ4n) is 2.63. The molecule has 0 amide bonds. The number of hydrogen-bond donors (Lipinski definition) is 0. The SMILES string of the molecule is O=[N+]([O-])c1cc(Cl)ccc1-c1ccc(-c2ccc(Cl)cc2[N+](=O)[O-])cc1. The van der Waals surface area contributed by atoms with Gasteiger partial charge in [0.1, 0.15) is 0 Å². The van der Waals surface area contributed by atoms with Crippen LogP contribution in [0.3, 0.4) is 0 Å². The molecule has 0 saturated carbocycles. The minimum absolute atomic E-state index is 0.109.